The van der Waals surface area contributed by atoms with E-state index in [1.165, 1.54) is 19.2 Å². The predicted octanol–water partition coefficient (Wildman–Crippen LogP) is -0.402. The van der Waals surface area contributed by atoms with Gasteiger partial charge in [-0.1, -0.05) is 18.2 Å². The molecule has 0 unspecified atom stereocenters. The molecule has 0 aliphatic heterocycles. The maximum Gasteiger partial charge on any atom is 0.336 e. The zero-order chi connectivity index (χ0) is 15.7. The Morgan fingerprint density at radius 3 is 2.67 bits per heavy atom. The number of ether oxygens (including phenoxy) is 1. The number of carbonyl (C=O) groups excluding carboxylic acids is 2. The summed E-state index contributed by atoms with van der Waals surface area (Å²) in [5.74, 6) is -2.91. The van der Waals surface area contributed by atoms with E-state index in [9.17, 15) is 14.4 Å². The normalized spacial score (nSPS) is 10.3. The zero-order valence-corrected chi connectivity index (χ0v) is 11.3. The lowest BCUT2D eigenvalue weighted by molar-refractivity contribution is -0.139. The SMILES string of the molecule is COCCNC(=O)C(=O)N/N=C\c1ccccc1C(=O)O. The van der Waals surface area contributed by atoms with Gasteiger partial charge in [0.05, 0.1) is 18.4 Å². The highest BCUT2D eigenvalue weighted by atomic mass is 16.5. The Bertz CT molecular complexity index is 556. The number of benzene rings is 1. The van der Waals surface area contributed by atoms with Gasteiger partial charge in [0.2, 0.25) is 0 Å². The van der Waals surface area contributed by atoms with Crippen LogP contribution >= 0.6 is 0 Å². The molecule has 0 heterocycles. The van der Waals surface area contributed by atoms with Gasteiger partial charge >= 0.3 is 17.8 Å². The first-order chi connectivity index (χ1) is 10.1. The highest BCUT2D eigenvalue weighted by Crippen LogP contribution is 2.05. The third-order valence-electron chi connectivity index (χ3n) is 2.36. The summed E-state index contributed by atoms with van der Waals surface area (Å²) in [7, 11) is 1.47. The van der Waals surface area contributed by atoms with Crippen LogP contribution in [0.25, 0.3) is 0 Å². The molecule has 112 valence electrons. The number of amides is 2. The number of carboxylic acids is 1. The number of carboxylic acid groups (broad SMARTS) is 1. The number of nitrogens with one attached hydrogen (secondary N) is 2. The van der Waals surface area contributed by atoms with Gasteiger partial charge in [-0.25, -0.2) is 10.2 Å². The van der Waals surface area contributed by atoms with Crippen molar-refractivity contribution in [3.8, 4) is 0 Å². The third-order valence-corrected chi connectivity index (χ3v) is 2.36. The van der Waals surface area contributed by atoms with Gasteiger partial charge in [0.1, 0.15) is 0 Å². The topological polar surface area (TPSA) is 117 Å². The van der Waals surface area contributed by atoms with Crippen LogP contribution in [0.4, 0.5) is 0 Å². The van der Waals surface area contributed by atoms with Crippen LogP contribution in [0.5, 0.6) is 0 Å². The molecule has 1 aromatic carbocycles. The Morgan fingerprint density at radius 2 is 2.00 bits per heavy atom. The van der Waals surface area contributed by atoms with E-state index in [-0.39, 0.29) is 18.7 Å². The highest BCUT2D eigenvalue weighted by Gasteiger charge is 2.11. The molecule has 21 heavy (non-hydrogen) atoms. The Hall–Kier alpha value is -2.74. The van der Waals surface area contributed by atoms with E-state index in [0.29, 0.717) is 5.56 Å². The van der Waals surface area contributed by atoms with Gasteiger partial charge in [-0.15, -0.1) is 0 Å². The van der Waals surface area contributed by atoms with E-state index in [1.807, 2.05) is 5.43 Å². The van der Waals surface area contributed by atoms with Crippen LogP contribution in [0.2, 0.25) is 0 Å². The molecule has 0 radical (unpaired) electrons. The molecule has 0 saturated heterocycles. The lowest BCUT2D eigenvalue weighted by Gasteiger charge is -2.03. The van der Waals surface area contributed by atoms with Crippen molar-refractivity contribution in [3.63, 3.8) is 0 Å². The van der Waals surface area contributed by atoms with Crippen LogP contribution in [-0.2, 0) is 14.3 Å². The Morgan fingerprint density at radius 1 is 1.29 bits per heavy atom. The molecule has 1 aromatic rings. The summed E-state index contributed by atoms with van der Waals surface area (Å²) in [4.78, 5) is 33.6. The molecule has 3 N–H and O–H groups in total. The quantitative estimate of drug-likeness (QED) is 0.285. The van der Waals surface area contributed by atoms with E-state index in [1.54, 1.807) is 12.1 Å². The van der Waals surface area contributed by atoms with Crippen LogP contribution in [0.1, 0.15) is 15.9 Å². The molecule has 0 atom stereocenters. The number of hydrazone groups is 1. The number of methoxy groups -OCH3 is 1. The van der Waals surface area contributed by atoms with Crippen molar-refractivity contribution in [3.05, 3.63) is 35.4 Å². The van der Waals surface area contributed by atoms with Gasteiger partial charge in [-0.3, -0.25) is 9.59 Å². The van der Waals surface area contributed by atoms with Gasteiger partial charge in [-0.05, 0) is 6.07 Å². The summed E-state index contributed by atoms with van der Waals surface area (Å²) in [5, 5.41) is 14.8. The van der Waals surface area contributed by atoms with E-state index < -0.39 is 17.8 Å². The molecule has 0 fully saturated rings. The average molecular weight is 293 g/mol. The first kappa shape index (κ1) is 16.3. The molecule has 0 aliphatic carbocycles. The van der Waals surface area contributed by atoms with Gasteiger partial charge in [0.25, 0.3) is 0 Å². The Kier molecular flexibility index (Phi) is 6.55. The van der Waals surface area contributed by atoms with E-state index in [2.05, 4.69) is 10.4 Å². The molecule has 0 aliphatic rings. The Labute approximate surface area is 120 Å². The van der Waals surface area contributed by atoms with Crippen molar-refractivity contribution in [2.45, 2.75) is 0 Å². The van der Waals surface area contributed by atoms with Crippen LogP contribution in [0, 0.1) is 0 Å². The summed E-state index contributed by atoms with van der Waals surface area (Å²) in [6, 6.07) is 6.14. The zero-order valence-electron chi connectivity index (χ0n) is 11.3. The van der Waals surface area contributed by atoms with E-state index in [0.717, 1.165) is 6.21 Å². The van der Waals surface area contributed by atoms with Crippen molar-refractivity contribution in [2.75, 3.05) is 20.3 Å². The number of carbonyl (C=O) groups is 3. The van der Waals surface area contributed by atoms with Crippen LogP contribution in [0.15, 0.2) is 29.4 Å². The fraction of sp³-hybridized carbons (Fsp3) is 0.231. The summed E-state index contributed by atoms with van der Waals surface area (Å²) in [6.45, 7) is 0.489. The lowest BCUT2D eigenvalue weighted by Crippen LogP contribution is -2.39. The molecular weight excluding hydrogens is 278 g/mol. The molecule has 8 nitrogen and oxygen atoms in total. The van der Waals surface area contributed by atoms with Crippen molar-refractivity contribution in [1.29, 1.82) is 0 Å². The fourth-order valence-electron chi connectivity index (χ4n) is 1.36. The van der Waals surface area contributed by atoms with Gasteiger partial charge in [-0.2, -0.15) is 5.10 Å². The monoisotopic (exact) mass is 293 g/mol. The Balaban J connectivity index is 2.57. The summed E-state index contributed by atoms with van der Waals surface area (Å²) in [6.07, 6.45) is 1.16. The number of hydrogen-bond acceptors (Lipinski definition) is 5. The van der Waals surface area contributed by atoms with Gasteiger partial charge < -0.3 is 15.2 Å². The predicted molar refractivity (Wildman–Crippen MR) is 74.0 cm³/mol. The maximum atomic E-state index is 11.4. The summed E-state index contributed by atoms with van der Waals surface area (Å²) >= 11 is 0. The molecule has 0 spiro atoms. The van der Waals surface area contributed by atoms with Crippen LogP contribution < -0.4 is 10.7 Å². The second-order valence-electron chi connectivity index (χ2n) is 3.84. The number of aromatic carboxylic acids is 1. The second-order valence-corrected chi connectivity index (χ2v) is 3.84. The highest BCUT2D eigenvalue weighted by molar-refractivity contribution is 6.35. The summed E-state index contributed by atoms with van der Waals surface area (Å²) < 4.78 is 4.71. The molecule has 0 aromatic heterocycles. The molecular formula is C13H15N3O5. The number of rotatable bonds is 6. The fourth-order valence-corrected chi connectivity index (χ4v) is 1.36. The van der Waals surface area contributed by atoms with Crippen molar-refractivity contribution in [2.24, 2.45) is 5.10 Å². The first-order valence-electron chi connectivity index (χ1n) is 5.98. The van der Waals surface area contributed by atoms with Gasteiger partial charge in [0, 0.05) is 19.2 Å². The molecule has 0 saturated carbocycles. The van der Waals surface area contributed by atoms with Crippen molar-refractivity contribution in [1.82, 2.24) is 10.7 Å². The molecule has 2 amide bonds. The lowest BCUT2D eigenvalue weighted by atomic mass is 10.1. The minimum atomic E-state index is -1.11. The van der Waals surface area contributed by atoms with Gasteiger partial charge in [0.15, 0.2) is 0 Å². The molecule has 0 bridgehead atoms. The second kappa shape index (κ2) is 8.43. The molecule has 8 heteroatoms. The minimum absolute atomic E-state index is 0.0417. The van der Waals surface area contributed by atoms with Crippen LogP contribution in [-0.4, -0.2) is 49.4 Å². The van der Waals surface area contributed by atoms with E-state index in [4.69, 9.17) is 9.84 Å². The molecule has 1 rings (SSSR count). The third kappa shape index (κ3) is 5.41. The standard InChI is InChI=1S/C13H15N3O5/c1-21-7-6-14-11(17)12(18)16-15-8-9-4-2-3-5-10(9)13(19)20/h2-5,8H,6-7H2,1H3,(H,14,17)(H,16,18)(H,19,20)/b15-8-. The number of nitrogens with zero attached hydrogens (tertiary/aromatic N) is 1. The average Bonchev–Trinajstić information content (AvgIpc) is 2.47. The first-order valence-corrected chi connectivity index (χ1v) is 5.98. The van der Waals surface area contributed by atoms with Crippen molar-refractivity contribution < 1.29 is 24.2 Å². The van der Waals surface area contributed by atoms with E-state index >= 15 is 0 Å². The van der Waals surface area contributed by atoms with Crippen molar-refractivity contribution >= 4 is 24.0 Å². The largest absolute Gasteiger partial charge is 0.478 e. The smallest absolute Gasteiger partial charge is 0.336 e. The minimum Gasteiger partial charge on any atom is -0.478 e. The maximum absolute atomic E-state index is 11.4. The number of hydrogen-bond donors (Lipinski definition) is 3. The van der Waals surface area contributed by atoms with Crippen LogP contribution in [0.3, 0.4) is 0 Å². The summed E-state index contributed by atoms with van der Waals surface area (Å²) in [5.41, 5.74) is 2.36.